The Labute approximate surface area is 585 Å². The average Bonchev–Trinajstić information content (AvgIpc) is 1.67. The highest BCUT2D eigenvalue weighted by molar-refractivity contribution is 8.13. The molecular weight excluding hydrogens is 1370 g/mol. The molecule has 0 spiro atoms. The zero-order chi connectivity index (χ0) is 70.9. The number of esters is 2. The van der Waals surface area contributed by atoms with Crippen LogP contribution in [0.3, 0.4) is 0 Å². The summed E-state index contributed by atoms with van der Waals surface area (Å²) in [4.78, 5) is 30.2. The number of halogens is 7. The Bertz CT molecular complexity index is 3840. The lowest BCUT2D eigenvalue weighted by atomic mass is 10.2. The molecule has 0 aliphatic carbocycles. The SMILES string of the molecule is C#CC(=O)OC(C)C.CNc1cc(Cl)cc(-c2ncn(/C=C\C(=O)OC(C)C)n2)c1.CNc1cc(Cl)cc(-c2ncn[nH]2)c1.CNc1cc(Cl)cc(C#N)c1.CNc1cc(Cl)cc(C(=N)SC)c1.CNc1cc(Cl)cc(C(N)=S)c1.N#Cc1cc(F)cc(Cl)c1.NNCO. The first-order valence-electron chi connectivity index (χ1n) is 27.1. The third-order valence-corrected chi connectivity index (χ3v) is 12.7. The van der Waals surface area contributed by atoms with E-state index >= 15 is 0 Å². The summed E-state index contributed by atoms with van der Waals surface area (Å²) in [6.07, 6.45) is 12.1. The van der Waals surface area contributed by atoms with Crippen molar-refractivity contribution in [3.63, 3.8) is 0 Å². The van der Waals surface area contributed by atoms with Crippen molar-refractivity contribution in [1.82, 2.24) is 35.4 Å². The molecule has 0 radical (unpaired) electrons. The topological polar surface area (TPSA) is 341 Å². The minimum absolute atomic E-state index is 0.112. The van der Waals surface area contributed by atoms with Gasteiger partial charge < -0.3 is 46.9 Å². The van der Waals surface area contributed by atoms with Gasteiger partial charge in [-0.3, -0.25) is 16.4 Å². The van der Waals surface area contributed by atoms with Crippen molar-refractivity contribution in [2.75, 3.05) is 74.8 Å². The van der Waals surface area contributed by atoms with E-state index in [4.69, 9.17) is 120 Å². The fraction of sp³-hybridized carbons (Fsp3) is 0.206. The first kappa shape index (κ1) is 83.3. The number of nitrogens with one attached hydrogen (secondary N) is 8. The monoisotopic (exact) mass is 1440 g/mol. The van der Waals surface area contributed by atoms with Gasteiger partial charge in [-0.2, -0.15) is 15.6 Å². The molecule has 13 N–H and O–H groups in total. The van der Waals surface area contributed by atoms with Crippen molar-refractivity contribution >= 4 is 150 Å². The van der Waals surface area contributed by atoms with Gasteiger partial charge in [-0.05, 0) is 143 Å². The number of thiocarbonyl (C=S) groups is 1. The van der Waals surface area contributed by atoms with Crippen LogP contribution in [0.2, 0.25) is 30.1 Å². The summed E-state index contributed by atoms with van der Waals surface area (Å²) in [5.74, 6) is 6.09. The molecule has 0 atom stereocenters. The van der Waals surface area contributed by atoms with Gasteiger partial charge >= 0.3 is 11.9 Å². The Kier molecular flexibility index (Phi) is 41.1. The molecule has 6 aromatic carbocycles. The molecule has 2 aromatic heterocycles. The largest absolute Gasteiger partial charge is 0.460 e. The highest BCUT2D eigenvalue weighted by Crippen LogP contribution is 2.27. The summed E-state index contributed by atoms with van der Waals surface area (Å²) in [5.41, 5.74) is 16.1. The molecule has 8 rings (SSSR count). The Morgan fingerprint density at radius 2 is 1.14 bits per heavy atom. The number of nitriles is 2. The molecule has 0 bridgehead atoms. The number of nitrogens with zero attached hydrogens (tertiary/aromatic N) is 7. The molecule has 0 fully saturated rings. The molecule has 0 aliphatic rings. The molecule has 0 saturated carbocycles. The lowest BCUT2D eigenvalue weighted by molar-refractivity contribution is -0.141. The van der Waals surface area contributed by atoms with Crippen LogP contribution < -0.4 is 43.6 Å². The molecular formula is C63H70Cl6FN17O5S2. The zero-order valence-corrected chi connectivity index (χ0v) is 58.6. The number of ether oxygens (including phenoxy) is 2. The van der Waals surface area contributed by atoms with Crippen molar-refractivity contribution in [2.24, 2.45) is 11.6 Å². The molecule has 0 saturated heterocycles. The summed E-state index contributed by atoms with van der Waals surface area (Å²) in [6, 6.07) is 34.7. The van der Waals surface area contributed by atoms with Gasteiger partial charge in [-0.1, -0.05) is 81.8 Å². The fourth-order valence-electron chi connectivity index (χ4n) is 6.49. The van der Waals surface area contributed by atoms with Crippen LogP contribution in [0.4, 0.5) is 32.8 Å². The maximum absolute atomic E-state index is 12.4. The molecule has 31 heteroatoms. The number of aliphatic hydroxyl groups excluding tert-OH is 1. The Hall–Kier alpha value is -8.72. The molecule has 22 nitrogen and oxygen atoms in total. The fourth-order valence-corrected chi connectivity index (χ4v) is 8.36. The molecule has 0 aliphatic heterocycles. The normalized spacial score (nSPS) is 9.68. The van der Waals surface area contributed by atoms with Crippen LogP contribution >= 0.6 is 93.6 Å². The molecule has 0 unspecified atom stereocenters. The van der Waals surface area contributed by atoms with E-state index in [0.29, 0.717) is 52.4 Å². The predicted octanol–water partition coefficient (Wildman–Crippen LogP) is 13.9. The number of aromatic nitrogens is 6. The van der Waals surface area contributed by atoms with Crippen LogP contribution in [0.1, 0.15) is 49.9 Å². The number of aromatic amines is 1. The minimum atomic E-state index is -0.597. The number of thioether (sulfide) groups is 1. The number of H-pyrrole nitrogens is 1. The summed E-state index contributed by atoms with van der Waals surface area (Å²) in [6.45, 7) is 6.92. The number of hydrazine groups is 1. The first-order valence-corrected chi connectivity index (χ1v) is 31.0. The van der Waals surface area contributed by atoms with Gasteiger partial charge in [0.05, 0.1) is 40.5 Å². The van der Waals surface area contributed by atoms with Crippen LogP contribution in [0.5, 0.6) is 0 Å². The summed E-state index contributed by atoms with van der Waals surface area (Å²) in [7, 11) is 9.08. The van der Waals surface area contributed by atoms with Crippen LogP contribution in [0.15, 0.2) is 128 Å². The van der Waals surface area contributed by atoms with Gasteiger partial charge in [-0.25, -0.2) is 34.1 Å². The van der Waals surface area contributed by atoms with Crippen molar-refractivity contribution in [1.29, 1.82) is 15.9 Å². The van der Waals surface area contributed by atoms with Crippen LogP contribution in [0, 0.1) is 46.2 Å². The quantitative estimate of drug-likeness (QED) is 0.00460. The zero-order valence-electron chi connectivity index (χ0n) is 52.5. The van der Waals surface area contributed by atoms with Crippen LogP contribution in [-0.4, -0.2) is 117 Å². The average molecular weight is 1440 g/mol. The van der Waals surface area contributed by atoms with Crippen molar-refractivity contribution in [2.45, 2.75) is 39.9 Å². The second-order valence-electron chi connectivity index (χ2n) is 18.3. The second kappa shape index (κ2) is 46.4. The third kappa shape index (κ3) is 34.8. The van der Waals surface area contributed by atoms with E-state index in [1.54, 1.807) is 77.2 Å². The number of carbonyl (C=O) groups excluding carboxylic acids is 2. The number of carbonyl (C=O) groups is 2. The van der Waals surface area contributed by atoms with Gasteiger partial charge in [0.1, 0.15) is 30.2 Å². The van der Waals surface area contributed by atoms with Crippen LogP contribution in [0.25, 0.3) is 29.0 Å². The number of anilines is 5. The van der Waals surface area contributed by atoms with Gasteiger partial charge in [0.25, 0.3) is 0 Å². The Morgan fingerprint density at radius 1 is 0.702 bits per heavy atom. The first-order chi connectivity index (χ1) is 44.6. The number of hydrogen-bond acceptors (Lipinski definition) is 21. The lowest BCUT2D eigenvalue weighted by Gasteiger charge is -2.05. The van der Waals surface area contributed by atoms with Gasteiger partial charge in [-0.15, -0.1) is 23.3 Å². The van der Waals surface area contributed by atoms with Crippen LogP contribution in [-0.2, 0) is 19.1 Å². The van der Waals surface area contributed by atoms with E-state index in [1.807, 2.05) is 106 Å². The van der Waals surface area contributed by atoms with Crippen molar-refractivity contribution in [3.05, 3.63) is 186 Å². The van der Waals surface area contributed by atoms with Gasteiger partial charge in [0, 0.05) is 134 Å². The summed E-state index contributed by atoms with van der Waals surface area (Å²) >= 11 is 41.1. The Balaban J connectivity index is 0.000000555. The Morgan fingerprint density at radius 3 is 1.56 bits per heavy atom. The second-order valence-corrected chi connectivity index (χ2v) is 22.2. The molecule has 0 amide bonds. The molecule has 2 heterocycles. The number of benzene rings is 6. The van der Waals surface area contributed by atoms with Crippen molar-refractivity contribution in [3.8, 4) is 47.3 Å². The highest BCUT2D eigenvalue weighted by atomic mass is 35.5. The number of nitrogens with two attached hydrogens (primary N) is 2. The van der Waals surface area contributed by atoms with E-state index in [1.165, 1.54) is 47.4 Å². The number of rotatable bonds is 14. The molecule has 94 heavy (non-hydrogen) atoms. The van der Waals surface area contributed by atoms with E-state index < -0.39 is 17.8 Å². The van der Waals surface area contributed by atoms with Gasteiger partial charge in [0.15, 0.2) is 11.6 Å². The maximum Gasteiger partial charge on any atom is 0.384 e. The number of aliphatic hydroxyl groups is 1. The van der Waals surface area contributed by atoms with E-state index in [0.717, 1.165) is 62.8 Å². The predicted molar refractivity (Wildman–Crippen MR) is 387 cm³/mol. The third-order valence-electron chi connectivity index (χ3n) is 10.5. The smallest absolute Gasteiger partial charge is 0.384 e. The summed E-state index contributed by atoms with van der Waals surface area (Å²) in [5, 5.41) is 61.8. The summed E-state index contributed by atoms with van der Waals surface area (Å²) < 4.78 is 23.3. The standard InChI is InChI=1S/C15H17ClN4O2.C9H9ClN4.C9H11ClN2S.C8H9ClN2S.C8H7ClN2.C7H3ClFN.C6H8O2.CH6N2O/c1-10(2)22-14(21)4-5-20-9-18-15(19-20)11-6-12(16)8-13(7-11)17-3;1-11-8-3-6(2-7(10)4-8)9-12-5-13-14-9;1-12-8-4-6(9(11)13-2)3-7(10)5-8;1-11-7-3-5(8(10)12)2-6(9)4-7;1-11-8-3-6(5-10)2-7(9)4-8;8-6-1-5(4-10)2-7(9)3-6;1-4-6(7)8-5(2)3;2-3-1-4/h4-10,17H,1-3H3;2-5,11H,1H3,(H,12,13,14);3-5,11-12H,1-2H3;2-4,11H,1H3,(H2,10,12);2-4,11H,1H3;1-3H;1,5H,2-3H3;3-4H,1-2H2/b5-4-;;;;;;;. The number of terminal acetylenes is 1. The number of hydrogen-bond donors (Lipinski definition) is 11. The van der Waals surface area contributed by atoms with E-state index in [2.05, 4.69) is 62.4 Å². The minimum Gasteiger partial charge on any atom is -0.460 e. The highest BCUT2D eigenvalue weighted by Gasteiger charge is 2.09. The molecule has 8 aromatic rings. The van der Waals surface area contributed by atoms with Gasteiger partial charge in [0.2, 0.25) is 0 Å². The van der Waals surface area contributed by atoms with E-state index in [9.17, 15) is 14.0 Å². The molecule has 498 valence electrons. The van der Waals surface area contributed by atoms with E-state index in [-0.39, 0.29) is 29.5 Å². The van der Waals surface area contributed by atoms with Crippen molar-refractivity contribution < 1.29 is 28.6 Å². The maximum atomic E-state index is 12.4. The lowest BCUT2D eigenvalue weighted by Crippen LogP contribution is -2.21.